The summed E-state index contributed by atoms with van der Waals surface area (Å²) >= 11 is 5.88. The second-order valence-corrected chi connectivity index (χ2v) is 5.17. The van der Waals surface area contributed by atoms with E-state index in [1.54, 1.807) is 6.92 Å². The highest BCUT2D eigenvalue weighted by Crippen LogP contribution is 2.20. The summed E-state index contributed by atoms with van der Waals surface area (Å²) in [5, 5.41) is 6.09. The van der Waals surface area contributed by atoms with E-state index in [0.29, 0.717) is 43.4 Å². The topological polar surface area (TPSA) is 84.0 Å². The third-order valence-corrected chi connectivity index (χ3v) is 3.23. The van der Waals surface area contributed by atoms with Gasteiger partial charge in [0.25, 0.3) is 0 Å². The van der Waals surface area contributed by atoms with Crippen LogP contribution in [0.3, 0.4) is 0 Å². The van der Waals surface area contributed by atoms with Crippen molar-refractivity contribution in [3.63, 3.8) is 0 Å². The van der Waals surface area contributed by atoms with Crippen molar-refractivity contribution in [3.05, 3.63) is 16.5 Å². The van der Waals surface area contributed by atoms with Crippen LogP contribution in [0.1, 0.15) is 41.9 Å². The fourth-order valence-corrected chi connectivity index (χ4v) is 2.03. The van der Waals surface area contributed by atoms with Gasteiger partial charge in [-0.05, 0) is 26.2 Å². The van der Waals surface area contributed by atoms with E-state index in [4.69, 9.17) is 11.6 Å². The van der Waals surface area contributed by atoms with Crippen LogP contribution in [0.25, 0.3) is 0 Å². The molecule has 0 bridgehead atoms. The molecule has 0 saturated heterocycles. The van der Waals surface area contributed by atoms with Gasteiger partial charge in [-0.15, -0.1) is 0 Å². The van der Waals surface area contributed by atoms with Gasteiger partial charge in [0.1, 0.15) is 16.8 Å². The summed E-state index contributed by atoms with van der Waals surface area (Å²) in [5.74, 6) is 0.983. The number of carbonyl (C=O) groups excluding carboxylic acids is 2. The fraction of sp³-hybridized carbons (Fsp3) is 0.538. The standard InChI is InChI=1S/C13H17ClN4O2/c1-8-16-12(14)10(7-19)13(17-8)15-6-2-3-11(20)18-9-4-5-9/h7,9H,2-6H2,1H3,(H,18,20)(H,15,16,17). The number of amides is 1. The molecule has 1 fully saturated rings. The first kappa shape index (κ1) is 14.7. The van der Waals surface area contributed by atoms with Gasteiger partial charge in [-0.25, -0.2) is 9.97 Å². The average molecular weight is 297 g/mol. The first-order valence-electron chi connectivity index (χ1n) is 6.62. The van der Waals surface area contributed by atoms with Gasteiger partial charge in [0.2, 0.25) is 5.91 Å². The number of aromatic nitrogens is 2. The van der Waals surface area contributed by atoms with E-state index >= 15 is 0 Å². The predicted octanol–water partition coefficient (Wildman–Crippen LogP) is 1.72. The van der Waals surface area contributed by atoms with Crippen LogP contribution >= 0.6 is 11.6 Å². The Balaban J connectivity index is 1.81. The summed E-state index contributed by atoms with van der Waals surface area (Å²) in [6.45, 7) is 2.25. The largest absolute Gasteiger partial charge is 0.369 e. The molecule has 1 aliphatic rings. The zero-order chi connectivity index (χ0) is 14.5. The van der Waals surface area contributed by atoms with Gasteiger partial charge in [-0.2, -0.15) is 0 Å². The molecule has 1 aromatic rings. The minimum Gasteiger partial charge on any atom is -0.369 e. The summed E-state index contributed by atoms with van der Waals surface area (Å²) < 4.78 is 0. The lowest BCUT2D eigenvalue weighted by Crippen LogP contribution is -2.25. The molecule has 108 valence electrons. The Morgan fingerprint density at radius 2 is 2.20 bits per heavy atom. The molecule has 1 aliphatic carbocycles. The number of anilines is 1. The molecular formula is C13H17ClN4O2. The Labute approximate surface area is 122 Å². The lowest BCUT2D eigenvalue weighted by molar-refractivity contribution is -0.121. The van der Waals surface area contributed by atoms with Gasteiger partial charge in [0.05, 0.1) is 5.56 Å². The maximum atomic E-state index is 11.5. The van der Waals surface area contributed by atoms with Gasteiger partial charge >= 0.3 is 0 Å². The van der Waals surface area contributed by atoms with Crippen LogP contribution < -0.4 is 10.6 Å². The Bertz CT molecular complexity index is 517. The first-order chi connectivity index (χ1) is 9.60. The second-order valence-electron chi connectivity index (χ2n) is 4.81. The Kier molecular flexibility index (Phi) is 4.89. The van der Waals surface area contributed by atoms with Crippen LogP contribution in [0, 0.1) is 6.92 Å². The molecule has 1 aromatic heterocycles. The third kappa shape index (κ3) is 4.16. The Hall–Kier alpha value is -1.69. The monoisotopic (exact) mass is 296 g/mol. The molecule has 7 heteroatoms. The molecule has 1 saturated carbocycles. The molecule has 0 spiro atoms. The number of halogens is 1. The highest BCUT2D eigenvalue weighted by molar-refractivity contribution is 6.32. The molecule has 1 amide bonds. The van der Waals surface area contributed by atoms with E-state index in [1.165, 1.54) is 0 Å². The third-order valence-electron chi connectivity index (χ3n) is 2.94. The number of carbonyl (C=O) groups is 2. The van der Waals surface area contributed by atoms with Crippen LogP contribution in [-0.4, -0.2) is 34.7 Å². The maximum absolute atomic E-state index is 11.5. The van der Waals surface area contributed by atoms with Crippen LogP contribution in [0.15, 0.2) is 0 Å². The molecule has 2 rings (SSSR count). The lowest BCUT2D eigenvalue weighted by atomic mass is 10.2. The summed E-state index contributed by atoms with van der Waals surface area (Å²) in [6.07, 6.45) is 3.93. The molecule has 2 N–H and O–H groups in total. The summed E-state index contributed by atoms with van der Waals surface area (Å²) in [4.78, 5) is 30.5. The molecule has 0 atom stereocenters. The number of hydrogen-bond donors (Lipinski definition) is 2. The fourth-order valence-electron chi connectivity index (χ4n) is 1.77. The molecule has 0 radical (unpaired) electrons. The van der Waals surface area contributed by atoms with Crippen molar-refractivity contribution >= 4 is 29.6 Å². The molecule has 20 heavy (non-hydrogen) atoms. The number of aldehydes is 1. The van der Waals surface area contributed by atoms with Crippen molar-refractivity contribution in [2.24, 2.45) is 0 Å². The predicted molar refractivity (Wildman–Crippen MR) is 76.1 cm³/mol. The van der Waals surface area contributed by atoms with E-state index in [1.807, 2.05) is 0 Å². The van der Waals surface area contributed by atoms with E-state index in [-0.39, 0.29) is 16.6 Å². The molecule has 6 nitrogen and oxygen atoms in total. The Morgan fingerprint density at radius 3 is 2.85 bits per heavy atom. The van der Waals surface area contributed by atoms with E-state index in [2.05, 4.69) is 20.6 Å². The first-order valence-corrected chi connectivity index (χ1v) is 7.00. The van der Waals surface area contributed by atoms with Crippen molar-refractivity contribution in [2.75, 3.05) is 11.9 Å². The van der Waals surface area contributed by atoms with Crippen molar-refractivity contribution < 1.29 is 9.59 Å². The second kappa shape index (κ2) is 6.65. The van der Waals surface area contributed by atoms with Crippen molar-refractivity contribution in [3.8, 4) is 0 Å². The number of hydrogen-bond acceptors (Lipinski definition) is 5. The van der Waals surface area contributed by atoms with Gasteiger partial charge in [-0.3, -0.25) is 9.59 Å². The smallest absolute Gasteiger partial charge is 0.220 e. The highest BCUT2D eigenvalue weighted by atomic mass is 35.5. The summed E-state index contributed by atoms with van der Waals surface area (Å²) in [5.41, 5.74) is 0.250. The SMILES string of the molecule is Cc1nc(Cl)c(C=O)c(NCCCC(=O)NC2CC2)n1. The van der Waals surface area contributed by atoms with E-state index in [0.717, 1.165) is 12.8 Å². The van der Waals surface area contributed by atoms with E-state index < -0.39 is 0 Å². The lowest BCUT2D eigenvalue weighted by Gasteiger charge is -2.09. The number of nitrogens with one attached hydrogen (secondary N) is 2. The normalized spacial score (nSPS) is 13.9. The van der Waals surface area contributed by atoms with Crippen LogP contribution in [0.2, 0.25) is 5.15 Å². The quantitative estimate of drug-likeness (QED) is 0.455. The van der Waals surface area contributed by atoms with Crippen molar-refractivity contribution in [2.45, 2.75) is 38.6 Å². The van der Waals surface area contributed by atoms with Gasteiger partial charge in [-0.1, -0.05) is 11.6 Å². The summed E-state index contributed by atoms with van der Waals surface area (Å²) in [6, 6.07) is 0.389. The summed E-state index contributed by atoms with van der Waals surface area (Å²) in [7, 11) is 0. The van der Waals surface area contributed by atoms with E-state index in [9.17, 15) is 9.59 Å². The van der Waals surface area contributed by atoms with Gasteiger partial charge in [0.15, 0.2) is 6.29 Å². The highest BCUT2D eigenvalue weighted by Gasteiger charge is 2.22. The minimum absolute atomic E-state index is 0.0711. The number of nitrogens with zero attached hydrogens (tertiary/aromatic N) is 2. The molecule has 1 heterocycles. The Morgan fingerprint density at radius 1 is 1.45 bits per heavy atom. The average Bonchev–Trinajstić information content (AvgIpc) is 3.18. The minimum atomic E-state index is 0.0711. The molecule has 0 aromatic carbocycles. The maximum Gasteiger partial charge on any atom is 0.220 e. The number of rotatable bonds is 7. The van der Waals surface area contributed by atoms with Gasteiger partial charge < -0.3 is 10.6 Å². The van der Waals surface area contributed by atoms with Crippen LogP contribution in [0.4, 0.5) is 5.82 Å². The van der Waals surface area contributed by atoms with Gasteiger partial charge in [0, 0.05) is 19.0 Å². The van der Waals surface area contributed by atoms with Crippen LogP contribution in [0.5, 0.6) is 0 Å². The molecule has 0 unspecified atom stereocenters. The van der Waals surface area contributed by atoms with Crippen molar-refractivity contribution in [1.82, 2.24) is 15.3 Å². The zero-order valence-electron chi connectivity index (χ0n) is 11.3. The zero-order valence-corrected chi connectivity index (χ0v) is 12.0. The van der Waals surface area contributed by atoms with Crippen molar-refractivity contribution in [1.29, 1.82) is 0 Å². The number of aryl methyl sites for hydroxylation is 1. The van der Waals surface area contributed by atoms with Crippen LogP contribution in [-0.2, 0) is 4.79 Å². The molecular weight excluding hydrogens is 280 g/mol. The molecule has 0 aliphatic heterocycles.